The summed E-state index contributed by atoms with van der Waals surface area (Å²) in [4.78, 5) is 6.87. The third kappa shape index (κ3) is 6.85. The van der Waals surface area contributed by atoms with Gasteiger partial charge < -0.3 is 10.6 Å². The number of fused-ring (bicyclic) bond motifs is 1. The van der Waals surface area contributed by atoms with Gasteiger partial charge in [0.15, 0.2) is 5.82 Å². The molecule has 0 radical (unpaired) electrons. The minimum Gasteiger partial charge on any atom is -0.373 e. The molecule has 242 valence electrons. The molecule has 1 aliphatic rings. The third-order valence-electron chi connectivity index (χ3n) is 8.47. The minimum absolute atomic E-state index is 0.112. The number of pyridine rings is 1. The zero-order valence-electron chi connectivity index (χ0n) is 25.8. The molecule has 0 spiro atoms. The van der Waals surface area contributed by atoms with Crippen LogP contribution in [0.2, 0.25) is 15.1 Å². The van der Waals surface area contributed by atoms with E-state index in [9.17, 15) is 14.0 Å². The van der Waals surface area contributed by atoms with E-state index in [2.05, 4.69) is 57.7 Å². The van der Waals surface area contributed by atoms with Crippen LogP contribution < -0.4 is 10.6 Å². The first-order valence-electron chi connectivity index (χ1n) is 15.0. The number of aromatic nitrogens is 4. The van der Waals surface area contributed by atoms with Gasteiger partial charge in [-0.2, -0.15) is 5.26 Å². The van der Waals surface area contributed by atoms with Gasteiger partial charge in [-0.15, -0.1) is 5.10 Å². The van der Waals surface area contributed by atoms with Crippen molar-refractivity contribution in [2.24, 2.45) is 0 Å². The molecule has 8 nitrogen and oxygen atoms in total. The van der Waals surface area contributed by atoms with Crippen LogP contribution in [0.1, 0.15) is 62.5 Å². The molecule has 1 aliphatic heterocycles. The molecule has 2 N–H and O–H groups in total. The van der Waals surface area contributed by atoms with Gasteiger partial charge in [-0.3, -0.25) is 9.88 Å². The number of benzene rings is 3. The molecule has 1 unspecified atom stereocenters. The number of hydrogen-bond acceptors (Lipinski definition) is 7. The number of piperidine rings is 1. The SMILES string of the molecule is CC(C)(C)N1CCC(n2cc(C(Nc3cc(Cl)c4ncc(C#N)c(Nc5ccc(F)c(Cl)c5F)c4c3)c3ccc(Cl)cc3)nn2)CC1. The van der Waals surface area contributed by atoms with Crippen molar-refractivity contribution >= 4 is 62.8 Å². The Morgan fingerprint density at radius 3 is 2.43 bits per heavy atom. The highest BCUT2D eigenvalue weighted by atomic mass is 35.5. The normalized spacial score (nSPS) is 15.0. The molecule has 1 fully saturated rings. The summed E-state index contributed by atoms with van der Waals surface area (Å²) >= 11 is 18.8. The fraction of sp³-hybridized carbons (Fsp3) is 0.294. The van der Waals surface area contributed by atoms with Gasteiger partial charge in [0.25, 0.3) is 0 Å². The second-order valence-corrected chi connectivity index (χ2v) is 13.7. The van der Waals surface area contributed by atoms with Crippen molar-refractivity contribution in [2.75, 3.05) is 23.7 Å². The van der Waals surface area contributed by atoms with E-state index in [1.807, 2.05) is 23.0 Å². The first kappa shape index (κ1) is 32.9. The zero-order valence-corrected chi connectivity index (χ0v) is 28.1. The van der Waals surface area contributed by atoms with Gasteiger partial charge in [0, 0.05) is 40.9 Å². The van der Waals surface area contributed by atoms with E-state index in [-0.39, 0.29) is 28.5 Å². The van der Waals surface area contributed by atoms with E-state index in [0.29, 0.717) is 32.3 Å². The summed E-state index contributed by atoms with van der Waals surface area (Å²) in [5.74, 6) is -1.89. The van der Waals surface area contributed by atoms with E-state index in [1.54, 1.807) is 24.3 Å². The molecule has 0 bridgehead atoms. The number of anilines is 3. The molecule has 5 aromatic rings. The largest absolute Gasteiger partial charge is 0.373 e. The highest BCUT2D eigenvalue weighted by Gasteiger charge is 2.29. The van der Waals surface area contributed by atoms with E-state index in [4.69, 9.17) is 34.8 Å². The van der Waals surface area contributed by atoms with Gasteiger partial charge in [0.1, 0.15) is 22.6 Å². The van der Waals surface area contributed by atoms with Crippen LogP contribution in [0.5, 0.6) is 0 Å². The summed E-state index contributed by atoms with van der Waals surface area (Å²) in [6, 6.07) is 15.0. The van der Waals surface area contributed by atoms with Gasteiger partial charge in [-0.25, -0.2) is 13.5 Å². The van der Waals surface area contributed by atoms with Crippen LogP contribution in [0.25, 0.3) is 10.9 Å². The predicted octanol–water partition coefficient (Wildman–Crippen LogP) is 9.32. The number of nitrogens with zero attached hydrogens (tertiary/aromatic N) is 6. The highest BCUT2D eigenvalue weighted by Crippen LogP contribution is 2.38. The Bertz CT molecular complexity index is 1980. The first-order chi connectivity index (χ1) is 22.4. The van der Waals surface area contributed by atoms with Gasteiger partial charge >= 0.3 is 0 Å². The fourth-order valence-electron chi connectivity index (χ4n) is 5.87. The molecule has 1 saturated heterocycles. The number of rotatable bonds is 7. The van der Waals surface area contributed by atoms with Gasteiger partial charge in [-0.05, 0) is 75.6 Å². The smallest absolute Gasteiger partial charge is 0.168 e. The zero-order chi connectivity index (χ0) is 33.5. The van der Waals surface area contributed by atoms with Crippen molar-refractivity contribution in [3.63, 3.8) is 0 Å². The van der Waals surface area contributed by atoms with Crippen LogP contribution in [0.15, 0.2) is 60.9 Å². The average Bonchev–Trinajstić information content (AvgIpc) is 3.54. The van der Waals surface area contributed by atoms with Crippen LogP contribution in [-0.2, 0) is 0 Å². The summed E-state index contributed by atoms with van der Waals surface area (Å²) in [7, 11) is 0. The summed E-state index contributed by atoms with van der Waals surface area (Å²) in [5.41, 5.74) is 2.88. The number of nitriles is 1. The van der Waals surface area contributed by atoms with Crippen molar-refractivity contribution in [1.29, 1.82) is 5.26 Å². The summed E-state index contributed by atoms with van der Waals surface area (Å²) in [5, 5.41) is 26.1. The Kier molecular flexibility index (Phi) is 9.27. The van der Waals surface area contributed by atoms with Crippen molar-refractivity contribution in [3.8, 4) is 6.07 Å². The molecular formula is C34H31Cl3F2N8. The molecule has 3 aromatic carbocycles. The van der Waals surface area contributed by atoms with Crippen LogP contribution in [0.3, 0.4) is 0 Å². The molecule has 13 heteroatoms. The lowest BCUT2D eigenvalue weighted by molar-refractivity contribution is 0.0866. The molecule has 6 rings (SSSR count). The predicted molar refractivity (Wildman–Crippen MR) is 183 cm³/mol. The number of halogens is 5. The van der Waals surface area contributed by atoms with Crippen LogP contribution in [0, 0.1) is 23.0 Å². The summed E-state index contributed by atoms with van der Waals surface area (Å²) < 4.78 is 30.8. The summed E-state index contributed by atoms with van der Waals surface area (Å²) in [6.45, 7) is 8.64. The number of likely N-dealkylation sites (tertiary alicyclic amines) is 1. The van der Waals surface area contributed by atoms with Crippen molar-refractivity contribution in [2.45, 2.75) is 51.2 Å². The van der Waals surface area contributed by atoms with Crippen LogP contribution in [-0.4, -0.2) is 43.5 Å². The molecule has 0 aliphatic carbocycles. The molecule has 3 heterocycles. The second kappa shape index (κ2) is 13.2. The van der Waals surface area contributed by atoms with Crippen molar-refractivity contribution in [1.82, 2.24) is 24.9 Å². The fourth-order valence-corrected chi connectivity index (χ4v) is 6.43. The first-order valence-corrected chi connectivity index (χ1v) is 16.2. The van der Waals surface area contributed by atoms with Gasteiger partial charge in [0.05, 0.1) is 45.8 Å². The lowest BCUT2D eigenvalue weighted by Crippen LogP contribution is -2.46. The second-order valence-electron chi connectivity index (χ2n) is 12.5. The molecule has 0 saturated carbocycles. The summed E-state index contributed by atoms with van der Waals surface area (Å²) in [6.07, 6.45) is 5.23. The Balaban J connectivity index is 1.37. The maximum Gasteiger partial charge on any atom is 0.168 e. The Morgan fingerprint density at radius 2 is 1.74 bits per heavy atom. The average molecular weight is 696 g/mol. The molecule has 0 amide bonds. The monoisotopic (exact) mass is 694 g/mol. The lowest BCUT2D eigenvalue weighted by Gasteiger charge is -2.40. The Morgan fingerprint density at radius 1 is 1.02 bits per heavy atom. The van der Waals surface area contributed by atoms with Crippen LogP contribution >= 0.6 is 34.8 Å². The van der Waals surface area contributed by atoms with Crippen LogP contribution in [0.4, 0.5) is 25.8 Å². The third-order valence-corrected chi connectivity index (χ3v) is 9.35. The molecular weight excluding hydrogens is 665 g/mol. The topological polar surface area (TPSA) is 94.7 Å². The quantitative estimate of drug-likeness (QED) is 0.164. The highest BCUT2D eigenvalue weighted by molar-refractivity contribution is 6.36. The van der Waals surface area contributed by atoms with E-state index >= 15 is 0 Å². The van der Waals surface area contributed by atoms with Crippen molar-refractivity contribution < 1.29 is 8.78 Å². The molecule has 1 atom stereocenters. The van der Waals surface area contributed by atoms with Crippen molar-refractivity contribution in [3.05, 3.63) is 104 Å². The molecule has 47 heavy (non-hydrogen) atoms. The standard InChI is InChI=1S/C34H31Cl3F2N8/c1-34(2,3)46-12-10-23(11-13-46)47-18-28(44-45-47)32(19-4-6-21(35)7-5-19)42-22-14-24-31(20(16-40)17-41-33(24)25(36)15-22)43-27-9-8-26(38)29(37)30(27)39/h4-9,14-15,17-18,23,32,42H,10-13H2,1-3H3,(H,41,43). The number of hydrogen-bond donors (Lipinski definition) is 2. The number of nitrogens with one attached hydrogen (secondary N) is 2. The van der Waals surface area contributed by atoms with Gasteiger partial charge in [0.2, 0.25) is 0 Å². The van der Waals surface area contributed by atoms with E-state index < -0.39 is 22.7 Å². The van der Waals surface area contributed by atoms with Gasteiger partial charge in [-0.1, -0.05) is 52.1 Å². The maximum atomic E-state index is 14.9. The maximum absolute atomic E-state index is 14.9. The minimum atomic E-state index is -0.990. The van der Waals surface area contributed by atoms with E-state index in [0.717, 1.165) is 37.6 Å². The van der Waals surface area contributed by atoms with E-state index in [1.165, 1.54) is 12.3 Å². The molecule has 2 aromatic heterocycles. The Labute approximate surface area is 286 Å². The Hall–Kier alpha value is -4.01. The lowest BCUT2D eigenvalue weighted by atomic mass is 9.98.